The number of ether oxygens (including phenoxy) is 2. The fourth-order valence-corrected chi connectivity index (χ4v) is 6.97. The van der Waals surface area contributed by atoms with E-state index in [2.05, 4.69) is 33.3 Å². The van der Waals surface area contributed by atoms with E-state index in [9.17, 15) is 28.4 Å². The fraction of sp³-hybridized carbons (Fsp3) is 0.537. The number of nitrogens with two attached hydrogens (primary N) is 1. The summed E-state index contributed by atoms with van der Waals surface area (Å²) in [6.07, 6.45) is 6.18. The minimum absolute atomic E-state index is 0.0877. The number of benzene rings is 2. The molecule has 2 fully saturated rings. The first-order chi connectivity index (χ1) is 27.0. The van der Waals surface area contributed by atoms with Gasteiger partial charge >= 0.3 is 18.2 Å². The van der Waals surface area contributed by atoms with Crippen LogP contribution in [0, 0.1) is 17.7 Å². The van der Waals surface area contributed by atoms with Crippen LogP contribution in [0.1, 0.15) is 76.8 Å². The van der Waals surface area contributed by atoms with Gasteiger partial charge in [-0.2, -0.15) is 0 Å². The highest BCUT2D eigenvalue weighted by atomic mass is 32.2. The molecule has 3 atom stereocenters. The van der Waals surface area contributed by atoms with Crippen LogP contribution < -0.4 is 15.8 Å². The van der Waals surface area contributed by atoms with Crippen LogP contribution >= 0.6 is 11.9 Å². The number of carboxylic acid groups (broad SMARTS) is 1. The van der Waals surface area contributed by atoms with Gasteiger partial charge in [-0.3, -0.25) is 28.9 Å². The molecule has 0 bridgehead atoms. The number of fused-ring (bicyclic) bond motifs is 1. The normalized spacial score (nSPS) is 17.9. The minimum Gasteiger partial charge on any atom is -0.469 e. The zero-order chi connectivity index (χ0) is 42.1. The number of esters is 1. The van der Waals surface area contributed by atoms with Crippen LogP contribution in [0.5, 0.6) is 0 Å². The molecule has 1 aliphatic carbocycles. The van der Waals surface area contributed by atoms with Gasteiger partial charge in [0.15, 0.2) is 0 Å². The molecule has 4 amide bonds. The minimum atomic E-state index is -1.00. The van der Waals surface area contributed by atoms with Gasteiger partial charge in [-0.1, -0.05) is 30.3 Å². The second-order valence-electron chi connectivity index (χ2n) is 15.2. The van der Waals surface area contributed by atoms with Gasteiger partial charge in [0.25, 0.3) is 0 Å². The number of para-hydroxylation sites is 1. The Balaban J connectivity index is 0.000000258. The Morgan fingerprint density at radius 2 is 1.79 bits per heavy atom. The quantitative estimate of drug-likeness (QED) is 0.0676. The SMILES string of the molecule is C=C[C@@H]1CC1C(=O)NSc1ccccc1NCCCCN(C)CCCC(=O)OC.CC(C)(C)OC(=O)N1CCCC1C(N)=O.O=C(O)N1Cc2cccc(F)c2C1. The number of hydrogen-bond acceptors (Lipinski definition) is 10. The molecule has 314 valence electrons. The van der Waals surface area contributed by atoms with Crippen molar-refractivity contribution in [2.75, 3.05) is 45.7 Å². The summed E-state index contributed by atoms with van der Waals surface area (Å²) in [7, 11) is 3.51. The van der Waals surface area contributed by atoms with Gasteiger partial charge in [-0.25, -0.2) is 14.0 Å². The number of anilines is 1. The summed E-state index contributed by atoms with van der Waals surface area (Å²) in [4.78, 5) is 62.4. The summed E-state index contributed by atoms with van der Waals surface area (Å²) in [6, 6.07) is 12.2. The number of rotatable bonds is 15. The number of methoxy groups -OCH3 is 1. The second-order valence-corrected chi connectivity index (χ2v) is 16.0. The second kappa shape index (κ2) is 22.8. The van der Waals surface area contributed by atoms with Crippen molar-refractivity contribution in [2.45, 2.75) is 95.3 Å². The van der Waals surface area contributed by atoms with Crippen LogP contribution in [0.2, 0.25) is 0 Å². The standard InChI is InChI=1S/C22H33N3O3S.C10H18N2O3.C9H8FNO2/c1-4-17-16-18(17)22(27)24-29-20-11-6-5-10-19(20)23-13-7-8-14-25(2)15-9-12-21(26)28-3;1-10(2,3)15-9(14)12-6-4-5-7(12)8(11)13;10-8-3-1-2-6-4-11(9(12)13)5-7(6)8/h4-6,10-11,17-18,23H,1,7-9,12-16H2,2-3H3,(H,24,27);7H,4-6H2,1-3H3,(H2,11,13);1-3H,4-5H2,(H,12,13)/t17-,18?;;/m1../s1. The topological polar surface area (TPSA) is 184 Å². The van der Waals surface area contributed by atoms with Crippen molar-refractivity contribution in [3.05, 3.63) is 72.1 Å². The highest BCUT2D eigenvalue weighted by molar-refractivity contribution is 7.98. The summed E-state index contributed by atoms with van der Waals surface area (Å²) in [5.74, 6) is -0.412. The predicted octanol–water partition coefficient (Wildman–Crippen LogP) is 6.40. The van der Waals surface area contributed by atoms with Gasteiger partial charge in [-0.15, -0.1) is 6.58 Å². The third kappa shape index (κ3) is 15.9. The highest BCUT2D eigenvalue weighted by Gasteiger charge is 2.40. The first kappa shape index (κ1) is 46.6. The molecular weight excluding hydrogens is 756 g/mol. The molecule has 2 aromatic carbocycles. The molecule has 2 aliphatic heterocycles. The van der Waals surface area contributed by atoms with E-state index in [4.69, 9.17) is 15.6 Å². The summed E-state index contributed by atoms with van der Waals surface area (Å²) in [5.41, 5.74) is 6.97. The molecule has 57 heavy (non-hydrogen) atoms. The molecule has 0 aromatic heterocycles. The number of carbonyl (C=O) groups excluding carboxylic acids is 4. The van der Waals surface area contributed by atoms with Crippen LogP contribution in [0.3, 0.4) is 0 Å². The van der Waals surface area contributed by atoms with E-state index < -0.39 is 29.7 Å². The molecule has 5 N–H and O–H groups in total. The number of halogens is 1. The van der Waals surface area contributed by atoms with E-state index in [1.165, 1.54) is 34.9 Å². The smallest absolute Gasteiger partial charge is 0.410 e. The Morgan fingerprint density at radius 1 is 1.07 bits per heavy atom. The number of allylic oxidation sites excluding steroid dienone is 1. The molecule has 14 nitrogen and oxygen atoms in total. The number of primary amides is 1. The van der Waals surface area contributed by atoms with Crippen LogP contribution in [0.15, 0.2) is 60.0 Å². The summed E-state index contributed by atoms with van der Waals surface area (Å²) in [5, 5.41) is 12.2. The average Bonchev–Trinajstić information content (AvgIpc) is 3.54. The predicted molar refractivity (Wildman–Crippen MR) is 218 cm³/mol. The third-order valence-electron chi connectivity index (χ3n) is 9.46. The first-order valence-electron chi connectivity index (χ1n) is 19.2. The number of likely N-dealkylation sites (tertiary alicyclic amines) is 1. The van der Waals surface area contributed by atoms with E-state index in [-0.39, 0.29) is 30.2 Å². The van der Waals surface area contributed by atoms with E-state index in [1.807, 2.05) is 30.3 Å². The number of nitrogens with zero attached hydrogens (tertiary/aromatic N) is 3. The van der Waals surface area contributed by atoms with Crippen LogP contribution in [-0.4, -0.2) is 102 Å². The van der Waals surface area contributed by atoms with Gasteiger partial charge in [0.2, 0.25) is 11.8 Å². The van der Waals surface area contributed by atoms with Crippen molar-refractivity contribution in [1.29, 1.82) is 0 Å². The number of carbonyl (C=O) groups is 5. The molecule has 1 saturated carbocycles. The van der Waals surface area contributed by atoms with Crippen molar-refractivity contribution in [3.8, 4) is 0 Å². The van der Waals surface area contributed by atoms with Gasteiger partial charge in [0.05, 0.1) is 18.6 Å². The molecule has 1 saturated heterocycles. The van der Waals surface area contributed by atoms with Crippen LogP contribution in [0.4, 0.5) is 19.7 Å². The van der Waals surface area contributed by atoms with Crippen molar-refractivity contribution in [2.24, 2.45) is 17.6 Å². The zero-order valence-corrected chi connectivity index (χ0v) is 34.6. The van der Waals surface area contributed by atoms with Crippen molar-refractivity contribution in [3.63, 3.8) is 0 Å². The Hall–Kier alpha value is -4.83. The van der Waals surface area contributed by atoms with Crippen molar-refractivity contribution >= 4 is 47.6 Å². The number of nitrogens with one attached hydrogen (secondary N) is 2. The molecule has 2 unspecified atom stereocenters. The lowest BCUT2D eigenvalue weighted by Crippen LogP contribution is -2.45. The Kier molecular flexibility index (Phi) is 18.6. The molecule has 16 heteroatoms. The monoisotopic (exact) mass is 814 g/mol. The number of hydrogen-bond donors (Lipinski definition) is 4. The van der Waals surface area contributed by atoms with Gasteiger partial charge < -0.3 is 30.5 Å². The largest absolute Gasteiger partial charge is 0.469 e. The molecule has 2 heterocycles. The van der Waals surface area contributed by atoms with Crippen molar-refractivity contribution < 1.29 is 42.9 Å². The molecule has 0 radical (unpaired) electrons. The summed E-state index contributed by atoms with van der Waals surface area (Å²) < 4.78 is 25.9. The number of amides is 4. The Labute approximate surface area is 339 Å². The van der Waals surface area contributed by atoms with E-state index in [1.54, 1.807) is 32.9 Å². The maximum absolute atomic E-state index is 13.1. The molecule has 0 spiro atoms. The molecule has 5 rings (SSSR count). The van der Waals surface area contributed by atoms with E-state index in [0.717, 1.165) is 67.9 Å². The van der Waals surface area contributed by atoms with E-state index >= 15 is 0 Å². The lowest BCUT2D eigenvalue weighted by atomic mass is 10.1. The maximum atomic E-state index is 13.1. The number of unbranched alkanes of at least 4 members (excludes halogenated alkanes) is 1. The van der Waals surface area contributed by atoms with Gasteiger partial charge in [0.1, 0.15) is 17.5 Å². The molecule has 3 aliphatic rings. The lowest BCUT2D eigenvalue weighted by Gasteiger charge is -2.27. The zero-order valence-electron chi connectivity index (χ0n) is 33.8. The summed E-state index contributed by atoms with van der Waals surface area (Å²) >= 11 is 1.38. The Bertz CT molecular complexity index is 1690. The van der Waals surface area contributed by atoms with Crippen molar-refractivity contribution in [1.82, 2.24) is 19.4 Å². The maximum Gasteiger partial charge on any atom is 0.410 e. The first-order valence-corrected chi connectivity index (χ1v) is 20.1. The molecule has 2 aromatic rings. The highest BCUT2D eigenvalue weighted by Crippen LogP contribution is 2.40. The Morgan fingerprint density at radius 3 is 2.42 bits per heavy atom. The third-order valence-corrected chi connectivity index (χ3v) is 10.3. The fourth-order valence-electron chi connectivity index (χ4n) is 6.21. The molecular formula is C41H59FN6O8S. The summed E-state index contributed by atoms with van der Waals surface area (Å²) in [6.45, 7) is 12.9. The van der Waals surface area contributed by atoms with E-state index in [0.29, 0.717) is 37.4 Å². The van der Waals surface area contributed by atoms with Gasteiger partial charge in [-0.05, 0) is 121 Å². The van der Waals surface area contributed by atoms with Crippen LogP contribution in [0.25, 0.3) is 0 Å². The van der Waals surface area contributed by atoms with Crippen LogP contribution in [-0.2, 0) is 36.9 Å². The average molecular weight is 815 g/mol. The van der Waals surface area contributed by atoms with Gasteiger partial charge in [0, 0.05) is 43.2 Å². The lowest BCUT2D eigenvalue weighted by molar-refractivity contribution is -0.140.